The maximum Gasteiger partial charge on any atom is 0.228 e. The van der Waals surface area contributed by atoms with Crippen molar-refractivity contribution in [1.29, 1.82) is 0 Å². The largest absolute Gasteiger partial charge is 0.497 e. The van der Waals surface area contributed by atoms with Crippen molar-refractivity contribution < 1.29 is 9.53 Å². The number of ether oxygens (including phenoxy) is 1. The zero-order chi connectivity index (χ0) is 14.1. The minimum absolute atomic E-state index is 0.0627. The molecule has 0 bridgehead atoms. The quantitative estimate of drug-likeness (QED) is 0.871. The molecule has 0 aliphatic carbocycles. The van der Waals surface area contributed by atoms with Crippen molar-refractivity contribution >= 4 is 27.5 Å². The molecule has 0 saturated heterocycles. The monoisotopic (exact) mass is 331 g/mol. The van der Waals surface area contributed by atoms with Crippen LogP contribution < -0.4 is 10.1 Å². The highest BCUT2D eigenvalue weighted by Gasteiger charge is 2.19. The molecule has 1 heterocycles. The van der Waals surface area contributed by atoms with Gasteiger partial charge in [-0.25, -0.2) is 0 Å². The van der Waals surface area contributed by atoms with E-state index in [0.29, 0.717) is 6.42 Å². The molecular weight excluding hydrogens is 318 g/mol. The van der Waals surface area contributed by atoms with Crippen LogP contribution >= 0.6 is 15.9 Å². The molecule has 0 spiro atoms. The van der Waals surface area contributed by atoms with Crippen LogP contribution in [0.3, 0.4) is 0 Å². The van der Waals surface area contributed by atoms with Gasteiger partial charge in [-0.15, -0.1) is 0 Å². The number of alkyl halides is 1. The maximum atomic E-state index is 11.4. The van der Waals surface area contributed by atoms with Crippen molar-refractivity contribution in [2.24, 2.45) is 0 Å². The lowest BCUT2D eigenvalue weighted by atomic mass is 10.0. The number of carbonyl (C=O) groups excluding carboxylic acids is 1. The van der Waals surface area contributed by atoms with E-state index in [1.807, 2.05) is 36.4 Å². The number of carbonyl (C=O) groups is 1. The van der Waals surface area contributed by atoms with Crippen LogP contribution in [0.15, 0.2) is 42.5 Å². The lowest BCUT2D eigenvalue weighted by Crippen LogP contribution is -2.03. The Morgan fingerprint density at radius 2 is 1.85 bits per heavy atom. The molecule has 102 valence electrons. The van der Waals surface area contributed by atoms with Crippen LogP contribution in [0.5, 0.6) is 5.75 Å². The fourth-order valence-corrected chi connectivity index (χ4v) is 2.96. The molecule has 2 aromatic carbocycles. The maximum absolute atomic E-state index is 11.4. The number of hydrogen-bond donors (Lipinski definition) is 1. The van der Waals surface area contributed by atoms with Gasteiger partial charge in [0, 0.05) is 5.69 Å². The Balaban J connectivity index is 1.88. The van der Waals surface area contributed by atoms with Gasteiger partial charge in [0.15, 0.2) is 0 Å². The zero-order valence-corrected chi connectivity index (χ0v) is 12.6. The van der Waals surface area contributed by atoms with E-state index in [0.717, 1.165) is 28.1 Å². The highest BCUT2D eigenvalue weighted by molar-refractivity contribution is 9.09. The van der Waals surface area contributed by atoms with Gasteiger partial charge >= 0.3 is 0 Å². The van der Waals surface area contributed by atoms with Gasteiger partial charge in [0.2, 0.25) is 5.91 Å². The van der Waals surface area contributed by atoms with Gasteiger partial charge in [0.1, 0.15) is 5.75 Å². The van der Waals surface area contributed by atoms with Gasteiger partial charge in [-0.1, -0.05) is 40.2 Å². The third-order valence-electron chi connectivity index (χ3n) is 3.46. The van der Waals surface area contributed by atoms with Crippen LogP contribution in [-0.2, 0) is 11.2 Å². The number of halogens is 1. The van der Waals surface area contributed by atoms with Gasteiger partial charge in [0.25, 0.3) is 0 Å². The van der Waals surface area contributed by atoms with Crippen LogP contribution in [0.25, 0.3) is 0 Å². The molecule has 0 saturated carbocycles. The zero-order valence-electron chi connectivity index (χ0n) is 11.0. The van der Waals surface area contributed by atoms with Crippen LogP contribution in [-0.4, -0.2) is 13.0 Å². The summed E-state index contributed by atoms with van der Waals surface area (Å²) >= 11 is 3.72. The lowest BCUT2D eigenvalue weighted by Gasteiger charge is -2.12. The van der Waals surface area contributed by atoms with E-state index in [2.05, 4.69) is 27.3 Å². The second-order valence-electron chi connectivity index (χ2n) is 4.78. The first-order valence-corrected chi connectivity index (χ1v) is 7.29. The van der Waals surface area contributed by atoms with Crippen molar-refractivity contribution in [3.05, 3.63) is 59.2 Å². The SMILES string of the molecule is COc1ccc(C(Br)c2ccc3c(c2)CC(=O)N3)cc1. The van der Waals surface area contributed by atoms with E-state index in [-0.39, 0.29) is 10.7 Å². The van der Waals surface area contributed by atoms with E-state index in [1.165, 1.54) is 0 Å². The molecule has 2 aromatic rings. The minimum Gasteiger partial charge on any atom is -0.497 e. The number of nitrogens with one attached hydrogen (secondary N) is 1. The second-order valence-corrected chi connectivity index (χ2v) is 5.69. The molecule has 1 unspecified atom stereocenters. The summed E-state index contributed by atoms with van der Waals surface area (Å²) in [6, 6.07) is 14.0. The van der Waals surface area contributed by atoms with Crippen molar-refractivity contribution in [2.75, 3.05) is 12.4 Å². The van der Waals surface area contributed by atoms with E-state index >= 15 is 0 Å². The molecule has 1 aliphatic rings. The molecule has 1 N–H and O–H groups in total. The second kappa shape index (κ2) is 5.29. The average Bonchev–Trinajstić information content (AvgIpc) is 2.85. The first-order valence-electron chi connectivity index (χ1n) is 6.38. The van der Waals surface area contributed by atoms with Crippen molar-refractivity contribution in [3.63, 3.8) is 0 Å². The fraction of sp³-hybridized carbons (Fsp3) is 0.188. The molecule has 1 atom stereocenters. The third-order valence-corrected chi connectivity index (χ3v) is 4.51. The average molecular weight is 332 g/mol. The van der Waals surface area contributed by atoms with Gasteiger partial charge in [-0.05, 0) is 34.9 Å². The topological polar surface area (TPSA) is 38.3 Å². The van der Waals surface area contributed by atoms with E-state index in [9.17, 15) is 4.79 Å². The molecule has 0 aromatic heterocycles. The number of fused-ring (bicyclic) bond motifs is 1. The number of benzene rings is 2. The summed E-state index contributed by atoms with van der Waals surface area (Å²) in [5, 5.41) is 2.85. The molecule has 0 fully saturated rings. The van der Waals surface area contributed by atoms with Crippen molar-refractivity contribution in [3.8, 4) is 5.75 Å². The predicted octanol–water partition coefficient (Wildman–Crippen LogP) is 3.67. The summed E-state index contributed by atoms with van der Waals surface area (Å²) < 4.78 is 5.17. The Morgan fingerprint density at radius 3 is 2.55 bits per heavy atom. The Morgan fingerprint density at radius 1 is 1.15 bits per heavy atom. The Labute approximate surface area is 126 Å². The Bertz CT molecular complexity index is 652. The predicted molar refractivity (Wildman–Crippen MR) is 82.5 cm³/mol. The van der Waals surface area contributed by atoms with Crippen LogP contribution in [0.4, 0.5) is 5.69 Å². The lowest BCUT2D eigenvalue weighted by molar-refractivity contribution is -0.115. The normalized spacial score (nSPS) is 14.6. The molecular formula is C16H14BrNO2. The molecule has 3 rings (SSSR count). The summed E-state index contributed by atoms with van der Waals surface area (Å²) in [7, 11) is 1.66. The first-order chi connectivity index (χ1) is 9.67. The Hall–Kier alpha value is -1.81. The third kappa shape index (κ3) is 2.43. The number of amides is 1. The summed E-state index contributed by atoms with van der Waals surface area (Å²) in [6.07, 6.45) is 0.464. The van der Waals surface area contributed by atoms with Gasteiger partial charge in [-0.3, -0.25) is 4.79 Å². The summed E-state index contributed by atoms with van der Waals surface area (Å²) in [5.41, 5.74) is 4.28. The molecule has 1 amide bonds. The smallest absolute Gasteiger partial charge is 0.228 e. The number of anilines is 1. The molecule has 1 aliphatic heterocycles. The van der Waals surface area contributed by atoms with Crippen molar-refractivity contribution in [1.82, 2.24) is 0 Å². The number of rotatable bonds is 3. The highest BCUT2D eigenvalue weighted by Crippen LogP contribution is 2.34. The fourth-order valence-electron chi connectivity index (χ4n) is 2.37. The van der Waals surface area contributed by atoms with Gasteiger partial charge in [-0.2, -0.15) is 0 Å². The van der Waals surface area contributed by atoms with E-state index < -0.39 is 0 Å². The molecule has 3 nitrogen and oxygen atoms in total. The summed E-state index contributed by atoms with van der Waals surface area (Å²) in [4.78, 5) is 11.5. The minimum atomic E-state index is 0.0627. The molecule has 20 heavy (non-hydrogen) atoms. The highest BCUT2D eigenvalue weighted by atomic mass is 79.9. The van der Waals surface area contributed by atoms with Gasteiger partial charge < -0.3 is 10.1 Å². The molecule has 0 radical (unpaired) electrons. The first kappa shape index (κ1) is 13.2. The molecule has 4 heteroatoms. The van der Waals surface area contributed by atoms with Gasteiger partial charge in [0.05, 0.1) is 18.4 Å². The van der Waals surface area contributed by atoms with Crippen LogP contribution in [0.2, 0.25) is 0 Å². The Kier molecular flexibility index (Phi) is 3.49. The number of methoxy groups -OCH3 is 1. The van der Waals surface area contributed by atoms with E-state index in [4.69, 9.17) is 4.74 Å². The van der Waals surface area contributed by atoms with Crippen LogP contribution in [0, 0.1) is 0 Å². The summed E-state index contributed by atoms with van der Waals surface area (Å²) in [5.74, 6) is 0.907. The van der Waals surface area contributed by atoms with E-state index in [1.54, 1.807) is 7.11 Å². The standard InChI is InChI=1S/C16H14BrNO2/c1-20-13-5-2-10(3-6-13)16(17)11-4-7-14-12(8-11)9-15(19)18-14/h2-8,16H,9H2,1H3,(H,18,19). The van der Waals surface area contributed by atoms with Crippen molar-refractivity contribution in [2.45, 2.75) is 11.2 Å². The van der Waals surface area contributed by atoms with Crippen LogP contribution in [0.1, 0.15) is 21.5 Å². The number of hydrogen-bond acceptors (Lipinski definition) is 2. The summed E-state index contributed by atoms with van der Waals surface area (Å²) in [6.45, 7) is 0.